The summed E-state index contributed by atoms with van der Waals surface area (Å²) in [6, 6.07) is 3.55. The van der Waals surface area contributed by atoms with E-state index in [2.05, 4.69) is 0 Å². The Balaban J connectivity index is 2.67. The van der Waals surface area contributed by atoms with Crippen LogP contribution in [0.5, 0.6) is 0 Å². The van der Waals surface area contributed by atoms with Crippen LogP contribution in [0.2, 0.25) is 0 Å². The van der Waals surface area contributed by atoms with Crippen LogP contribution in [0.15, 0.2) is 28.9 Å². The fourth-order valence-electron chi connectivity index (χ4n) is 0.520. The van der Waals surface area contributed by atoms with E-state index in [-0.39, 0.29) is 0 Å². The van der Waals surface area contributed by atoms with E-state index in [0.29, 0.717) is 12.0 Å². The molecule has 0 aliphatic rings. The van der Waals surface area contributed by atoms with E-state index in [1.54, 1.807) is 24.5 Å². The Morgan fingerprint density at radius 3 is 3.00 bits per heavy atom. The lowest BCUT2D eigenvalue weighted by atomic mass is 10.4. The van der Waals surface area contributed by atoms with Gasteiger partial charge in [0.1, 0.15) is 12.0 Å². The van der Waals surface area contributed by atoms with Crippen LogP contribution >= 0.6 is 0 Å². The molecule has 1 aromatic heterocycles. The summed E-state index contributed by atoms with van der Waals surface area (Å²) >= 11 is 0. The SMILES string of the molecule is O=C/C=C\c1ccco1. The fourth-order valence-corrected chi connectivity index (χ4v) is 0.520. The van der Waals surface area contributed by atoms with Gasteiger partial charge in [-0.05, 0) is 24.3 Å². The maximum Gasteiger partial charge on any atom is 0.142 e. The molecule has 0 aliphatic carbocycles. The highest BCUT2D eigenvalue weighted by molar-refractivity contribution is 5.72. The van der Waals surface area contributed by atoms with Gasteiger partial charge in [-0.1, -0.05) is 0 Å². The Bertz CT molecular complexity index is 197. The third-order valence-corrected chi connectivity index (χ3v) is 0.882. The number of carbonyl (C=O) groups excluding carboxylic acids is 1. The molecular formula is C7H6O2. The van der Waals surface area contributed by atoms with E-state index in [1.807, 2.05) is 0 Å². The van der Waals surface area contributed by atoms with Crippen molar-refractivity contribution in [2.24, 2.45) is 0 Å². The first-order valence-electron chi connectivity index (χ1n) is 2.59. The Labute approximate surface area is 52.8 Å². The summed E-state index contributed by atoms with van der Waals surface area (Å²) < 4.78 is 4.89. The minimum absolute atomic E-state index is 0.696. The van der Waals surface area contributed by atoms with Gasteiger partial charge in [-0.2, -0.15) is 0 Å². The normalized spacial score (nSPS) is 10.2. The highest BCUT2D eigenvalue weighted by atomic mass is 16.3. The van der Waals surface area contributed by atoms with Gasteiger partial charge < -0.3 is 4.42 Å². The Kier molecular flexibility index (Phi) is 1.85. The Morgan fingerprint density at radius 1 is 1.56 bits per heavy atom. The lowest BCUT2D eigenvalue weighted by molar-refractivity contribution is -0.104. The first kappa shape index (κ1) is 5.82. The van der Waals surface area contributed by atoms with Crippen molar-refractivity contribution in [3.63, 3.8) is 0 Å². The third kappa shape index (κ3) is 1.57. The van der Waals surface area contributed by atoms with Crippen molar-refractivity contribution in [1.29, 1.82) is 0 Å². The smallest absolute Gasteiger partial charge is 0.142 e. The maximum atomic E-state index is 9.77. The molecule has 2 nitrogen and oxygen atoms in total. The Hall–Kier alpha value is -1.31. The van der Waals surface area contributed by atoms with Crippen LogP contribution < -0.4 is 0 Å². The maximum absolute atomic E-state index is 9.77. The molecule has 0 amide bonds. The van der Waals surface area contributed by atoms with E-state index >= 15 is 0 Å². The summed E-state index contributed by atoms with van der Waals surface area (Å²) in [5.41, 5.74) is 0. The van der Waals surface area contributed by atoms with E-state index in [4.69, 9.17) is 4.42 Å². The van der Waals surface area contributed by atoms with Gasteiger partial charge >= 0.3 is 0 Å². The van der Waals surface area contributed by atoms with Gasteiger partial charge in [-0.15, -0.1) is 0 Å². The zero-order valence-electron chi connectivity index (χ0n) is 4.78. The lowest BCUT2D eigenvalue weighted by Crippen LogP contribution is -1.60. The van der Waals surface area contributed by atoms with Crippen LogP contribution in [0.4, 0.5) is 0 Å². The van der Waals surface area contributed by atoms with Gasteiger partial charge in [0.15, 0.2) is 0 Å². The molecule has 0 N–H and O–H groups in total. The predicted molar refractivity (Wildman–Crippen MR) is 33.8 cm³/mol. The average Bonchev–Trinajstić information content (AvgIpc) is 2.34. The molecule has 1 rings (SSSR count). The van der Waals surface area contributed by atoms with Gasteiger partial charge in [-0.25, -0.2) is 0 Å². The minimum atomic E-state index is 0.696. The molecule has 9 heavy (non-hydrogen) atoms. The van der Waals surface area contributed by atoms with Crippen LogP contribution in [0.3, 0.4) is 0 Å². The van der Waals surface area contributed by atoms with Crippen molar-refractivity contribution < 1.29 is 9.21 Å². The van der Waals surface area contributed by atoms with Gasteiger partial charge in [0.25, 0.3) is 0 Å². The summed E-state index contributed by atoms with van der Waals surface area (Å²) in [6.07, 6.45) is 5.26. The highest BCUT2D eigenvalue weighted by Crippen LogP contribution is 2.00. The monoisotopic (exact) mass is 122 g/mol. The van der Waals surface area contributed by atoms with E-state index in [9.17, 15) is 4.79 Å². The molecule has 0 radical (unpaired) electrons. The van der Waals surface area contributed by atoms with Crippen molar-refractivity contribution in [3.05, 3.63) is 30.2 Å². The molecule has 0 aromatic carbocycles. The molecule has 0 saturated carbocycles. The molecule has 46 valence electrons. The number of allylic oxidation sites excluding steroid dienone is 1. The van der Waals surface area contributed by atoms with Crippen LogP contribution in [-0.2, 0) is 4.79 Å². The lowest BCUT2D eigenvalue weighted by Gasteiger charge is -1.76. The molecule has 0 unspecified atom stereocenters. The molecular weight excluding hydrogens is 116 g/mol. The molecule has 1 aromatic rings. The standard InChI is InChI=1S/C7H6O2/c8-5-1-3-7-4-2-6-9-7/h1-6H/b3-1-. The molecule has 0 fully saturated rings. The molecule has 0 saturated heterocycles. The predicted octanol–water partition coefficient (Wildman–Crippen LogP) is 1.49. The minimum Gasteiger partial charge on any atom is -0.465 e. The quantitative estimate of drug-likeness (QED) is 0.439. The van der Waals surface area contributed by atoms with Crippen LogP contribution in [-0.4, -0.2) is 6.29 Å². The number of rotatable bonds is 2. The average molecular weight is 122 g/mol. The molecule has 0 bridgehead atoms. The summed E-state index contributed by atoms with van der Waals surface area (Å²) in [5.74, 6) is 0.696. The second-order valence-corrected chi connectivity index (χ2v) is 1.51. The van der Waals surface area contributed by atoms with Gasteiger partial charge in [-0.3, -0.25) is 4.79 Å². The van der Waals surface area contributed by atoms with Crippen molar-refractivity contribution >= 4 is 12.4 Å². The molecule has 2 heteroatoms. The van der Waals surface area contributed by atoms with Crippen molar-refractivity contribution in [2.75, 3.05) is 0 Å². The number of hydrogen-bond donors (Lipinski definition) is 0. The van der Waals surface area contributed by atoms with Crippen LogP contribution in [0, 0.1) is 0 Å². The summed E-state index contributed by atoms with van der Waals surface area (Å²) in [6.45, 7) is 0. The van der Waals surface area contributed by atoms with E-state index < -0.39 is 0 Å². The molecule has 0 atom stereocenters. The highest BCUT2D eigenvalue weighted by Gasteiger charge is 1.83. The van der Waals surface area contributed by atoms with E-state index in [1.165, 1.54) is 6.08 Å². The number of hydrogen-bond acceptors (Lipinski definition) is 2. The zero-order valence-corrected chi connectivity index (χ0v) is 4.78. The second kappa shape index (κ2) is 2.87. The zero-order chi connectivity index (χ0) is 6.53. The summed E-state index contributed by atoms with van der Waals surface area (Å²) in [4.78, 5) is 9.77. The number of carbonyl (C=O) groups is 1. The van der Waals surface area contributed by atoms with Crippen molar-refractivity contribution in [3.8, 4) is 0 Å². The molecule has 0 spiro atoms. The van der Waals surface area contributed by atoms with Crippen molar-refractivity contribution in [2.45, 2.75) is 0 Å². The summed E-state index contributed by atoms with van der Waals surface area (Å²) in [7, 11) is 0. The van der Waals surface area contributed by atoms with Gasteiger partial charge in [0, 0.05) is 0 Å². The third-order valence-electron chi connectivity index (χ3n) is 0.882. The molecule has 1 heterocycles. The molecule has 0 aliphatic heterocycles. The summed E-state index contributed by atoms with van der Waals surface area (Å²) in [5, 5.41) is 0. The van der Waals surface area contributed by atoms with Gasteiger partial charge in [0.05, 0.1) is 6.26 Å². The number of aldehydes is 1. The number of furan rings is 1. The van der Waals surface area contributed by atoms with Crippen LogP contribution in [0.25, 0.3) is 6.08 Å². The van der Waals surface area contributed by atoms with E-state index in [0.717, 1.165) is 0 Å². The first-order chi connectivity index (χ1) is 4.43. The first-order valence-corrected chi connectivity index (χ1v) is 2.59. The largest absolute Gasteiger partial charge is 0.465 e. The fraction of sp³-hybridized carbons (Fsp3) is 0. The Morgan fingerprint density at radius 2 is 2.44 bits per heavy atom. The van der Waals surface area contributed by atoms with Crippen LogP contribution in [0.1, 0.15) is 5.76 Å². The second-order valence-electron chi connectivity index (χ2n) is 1.51. The van der Waals surface area contributed by atoms with Crippen molar-refractivity contribution in [1.82, 2.24) is 0 Å². The topological polar surface area (TPSA) is 30.2 Å². The van der Waals surface area contributed by atoms with Gasteiger partial charge in [0.2, 0.25) is 0 Å².